The molecule has 0 aromatic heterocycles. The zero-order valence-corrected chi connectivity index (χ0v) is 14.7. The molecule has 3 saturated heterocycles. The average molecular weight is 442 g/mol. The van der Waals surface area contributed by atoms with Crippen molar-refractivity contribution in [3.63, 3.8) is 0 Å². The van der Waals surface area contributed by atoms with E-state index in [1.807, 2.05) is 24.3 Å². The number of halogens is 1. The van der Waals surface area contributed by atoms with E-state index in [1.54, 1.807) is 5.06 Å². The Labute approximate surface area is 151 Å². The third-order valence-electron chi connectivity index (χ3n) is 5.46. The summed E-state index contributed by atoms with van der Waals surface area (Å²) < 4.78 is 12.2. The first-order valence-corrected chi connectivity index (χ1v) is 8.95. The highest BCUT2D eigenvalue weighted by molar-refractivity contribution is 14.1. The maximum Gasteiger partial charge on any atom is 0.326 e. The van der Waals surface area contributed by atoms with Crippen LogP contribution in [0, 0.1) is 9.49 Å². The Morgan fingerprint density at radius 1 is 1.38 bits per heavy atom. The van der Waals surface area contributed by atoms with Crippen molar-refractivity contribution < 1.29 is 23.9 Å². The summed E-state index contributed by atoms with van der Waals surface area (Å²) in [6.07, 6.45) is -0.277. The van der Waals surface area contributed by atoms with E-state index in [-0.39, 0.29) is 24.3 Å². The molecular formula is C16H15IN2O5. The van der Waals surface area contributed by atoms with Crippen molar-refractivity contribution in [2.24, 2.45) is 11.7 Å². The number of carbonyl (C=O) groups excluding carboxylic acids is 2. The summed E-state index contributed by atoms with van der Waals surface area (Å²) in [5.41, 5.74) is 5.42. The van der Waals surface area contributed by atoms with E-state index < -0.39 is 23.5 Å². The Morgan fingerprint density at radius 2 is 2.17 bits per heavy atom. The van der Waals surface area contributed by atoms with Gasteiger partial charge in [-0.1, -0.05) is 18.2 Å². The molecule has 0 spiro atoms. The van der Waals surface area contributed by atoms with Gasteiger partial charge in [-0.2, -0.15) is 5.06 Å². The first-order valence-electron chi connectivity index (χ1n) is 7.87. The fraction of sp³-hybridized carbons (Fsp3) is 0.500. The highest BCUT2D eigenvalue weighted by Crippen LogP contribution is 2.58. The van der Waals surface area contributed by atoms with Crippen molar-refractivity contribution in [3.05, 3.63) is 33.4 Å². The van der Waals surface area contributed by atoms with Crippen LogP contribution in [0.15, 0.2) is 24.3 Å². The number of carbonyl (C=O) groups is 2. The highest BCUT2D eigenvalue weighted by Gasteiger charge is 2.78. The lowest BCUT2D eigenvalue weighted by molar-refractivity contribution is -0.229. The van der Waals surface area contributed by atoms with Crippen molar-refractivity contribution >= 4 is 34.5 Å². The molecule has 5 rings (SSSR count). The van der Waals surface area contributed by atoms with Crippen molar-refractivity contribution in [1.82, 2.24) is 5.06 Å². The number of epoxide rings is 1. The molecule has 1 aromatic rings. The largest absolute Gasteiger partial charge is 0.461 e. The lowest BCUT2D eigenvalue weighted by atomic mass is 9.71. The molecule has 8 heteroatoms. The summed E-state index contributed by atoms with van der Waals surface area (Å²) >= 11 is 2.24. The van der Waals surface area contributed by atoms with Gasteiger partial charge in [0.05, 0.1) is 18.6 Å². The van der Waals surface area contributed by atoms with E-state index in [4.69, 9.17) is 20.0 Å². The molecule has 24 heavy (non-hydrogen) atoms. The van der Waals surface area contributed by atoms with Gasteiger partial charge in [-0.3, -0.25) is 14.4 Å². The Bertz CT molecular complexity index is 758. The summed E-state index contributed by atoms with van der Waals surface area (Å²) in [4.78, 5) is 30.8. The van der Waals surface area contributed by atoms with E-state index in [9.17, 15) is 9.59 Å². The van der Waals surface area contributed by atoms with Gasteiger partial charge in [0.2, 0.25) is 5.60 Å². The molecule has 3 aliphatic heterocycles. The van der Waals surface area contributed by atoms with E-state index in [2.05, 4.69) is 22.6 Å². The van der Waals surface area contributed by atoms with Crippen molar-refractivity contribution in [1.29, 1.82) is 0 Å². The van der Waals surface area contributed by atoms with E-state index in [1.165, 1.54) is 0 Å². The maximum atomic E-state index is 12.4. The summed E-state index contributed by atoms with van der Waals surface area (Å²) in [6.45, 7) is 0.383. The maximum absolute atomic E-state index is 12.4. The number of amides is 1. The predicted molar refractivity (Wildman–Crippen MR) is 88.1 cm³/mol. The second kappa shape index (κ2) is 4.90. The number of hydrogen-bond acceptors (Lipinski definition) is 6. The molecule has 0 bridgehead atoms. The topological polar surface area (TPSA) is 94.4 Å². The Hall–Kier alpha value is -1.23. The quantitative estimate of drug-likeness (QED) is 0.413. The summed E-state index contributed by atoms with van der Waals surface area (Å²) in [5.74, 6) is -1.34. The molecule has 6 atom stereocenters. The first-order chi connectivity index (χ1) is 11.5. The van der Waals surface area contributed by atoms with Crippen LogP contribution in [0.2, 0.25) is 0 Å². The van der Waals surface area contributed by atoms with Crippen molar-refractivity contribution in [3.8, 4) is 0 Å². The smallest absolute Gasteiger partial charge is 0.326 e. The van der Waals surface area contributed by atoms with Gasteiger partial charge in [0.1, 0.15) is 18.2 Å². The van der Waals surface area contributed by atoms with Crippen LogP contribution in [0.3, 0.4) is 0 Å². The Morgan fingerprint density at radius 3 is 2.92 bits per heavy atom. The molecule has 7 nitrogen and oxygen atoms in total. The molecule has 2 N–H and O–H groups in total. The van der Waals surface area contributed by atoms with Gasteiger partial charge in [0.25, 0.3) is 5.91 Å². The number of nitrogens with two attached hydrogens (primary N) is 1. The van der Waals surface area contributed by atoms with Gasteiger partial charge >= 0.3 is 5.97 Å². The van der Waals surface area contributed by atoms with E-state index >= 15 is 0 Å². The zero-order valence-electron chi connectivity index (χ0n) is 12.6. The summed E-state index contributed by atoms with van der Waals surface area (Å²) in [5, 5.41) is 1.57. The van der Waals surface area contributed by atoms with Gasteiger partial charge in [-0.15, -0.1) is 0 Å². The third kappa shape index (κ3) is 1.82. The fourth-order valence-corrected chi connectivity index (χ4v) is 4.96. The molecule has 1 aromatic carbocycles. The fourth-order valence-electron chi connectivity index (χ4n) is 4.40. The van der Waals surface area contributed by atoms with Crippen LogP contribution in [-0.2, 0) is 30.4 Å². The van der Waals surface area contributed by atoms with Crippen molar-refractivity contribution in [2.45, 2.75) is 42.9 Å². The number of benzene rings is 1. The van der Waals surface area contributed by atoms with Gasteiger partial charge < -0.3 is 15.2 Å². The molecule has 126 valence electrons. The summed E-state index contributed by atoms with van der Waals surface area (Å²) in [7, 11) is 0. The number of fused-ring (bicyclic) bond motifs is 2. The number of primary amides is 1. The minimum absolute atomic E-state index is 0.123. The number of hydrogen-bond donors (Lipinski definition) is 1. The number of hydroxylamine groups is 2. The van der Waals surface area contributed by atoms with Gasteiger partial charge in [0, 0.05) is 9.99 Å². The van der Waals surface area contributed by atoms with E-state index in [0.29, 0.717) is 13.0 Å². The average Bonchev–Trinajstić information content (AvgIpc) is 3.12. The minimum atomic E-state index is -1.30. The molecule has 4 aliphatic rings. The monoisotopic (exact) mass is 442 g/mol. The van der Waals surface area contributed by atoms with E-state index in [0.717, 1.165) is 9.13 Å². The van der Waals surface area contributed by atoms with Crippen LogP contribution in [-0.4, -0.2) is 46.9 Å². The van der Waals surface area contributed by atoms with Crippen LogP contribution in [0.4, 0.5) is 0 Å². The second-order valence-corrected chi connectivity index (χ2v) is 7.85. The lowest BCUT2D eigenvalue weighted by Gasteiger charge is -2.33. The first kappa shape index (κ1) is 15.1. The molecule has 1 amide bonds. The Kier molecular flexibility index (Phi) is 3.08. The van der Waals surface area contributed by atoms with Crippen LogP contribution in [0.1, 0.15) is 12.0 Å². The molecule has 3 heterocycles. The lowest BCUT2D eigenvalue weighted by Crippen LogP contribution is -2.59. The van der Waals surface area contributed by atoms with Crippen molar-refractivity contribution in [2.75, 3.05) is 0 Å². The molecule has 4 fully saturated rings. The molecule has 1 saturated carbocycles. The minimum Gasteiger partial charge on any atom is -0.461 e. The van der Waals surface area contributed by atoms with Crippen LogP contribution in [0.5, 0.6) is 0 Å². The molecule has 1 aliphatic carbocycles. The SMILES string of the molecule is NC(=O)[C@]12ON(Cc3ccccc3I)[C@@H]3C(=O)O[C@H](C[C@H]4O[C@H]41)[C@@H]32. The third-order valence-corrected chi connectivity index (χ3v) is 6.51. The molecule has 0 radical (unpaired) electrons. The predicted octanol–water partition coefficient (Wildman–Crippen LogP) is 0.344. The second-order valence-electron chi connectivity index (χ2n) is 6.69. The highest BCUT2D eigenvalue weighted by atomic mass is 127. The number of esters is 1. The van der Waals surface area contributed by atoms with Crippen LogP contribution >= 0.6 is 22.6 Å². The number of rotatable bonds is 3. The number of nitrogens with zero attached hydrogens (tertiary/aromatic N) is 1. The van der Waals surface area contributed by atoms with Crippen LogP contribution in [0.25, 0.3) is 0 Å². The molecular weight excluding hydrogens is 427 g/mol. The zero-order chi connectivity index (χ0) is 16.6. The standard InChI is InChI=1S/C16H15IN2O5/c17-8-4-2-1-3-7(8)6-19-12-11-9(23-14(12)20)5-10-13(22-10)16(11,24-19)15(18)21/h1-4,9-13H,5-6H2,(H2,18,21)/t9-,10-,11+,12+,13-,16-/m1/s1. The normalized spacial score (nSPS) is 42.4. The Balaban J connectivity index is 1.55. The van der Waals surface area contributed by atoms with Crippen LogP contribution < -0.4 is 5.73 Å². The molecule has 0 unspecified atom stereocenters. The van der Waals surface area contributed by atoms with Gasteiger partial charge in [-0.25, -0.2) is 0 Å². The number of ether oxygens (including phenoxy) is 2. The van der Waals surface area contributed by atoms with Gasteiger partial charge in [-0.05, 0) is 34.2 Å². The van der Waals surface area contributed by atoms with Gasteiger partial charge in [0.15, 0.2) is 0 Å². The summed E-state index contributed by atoms with van der Waals surface area (Å²) in [6, 6.07) is 7.21.